The maximum absolute atomic E-state index is 12.0. The number of amides is 4. The van der Waals surface area contributed by atoms with Gasteiger partial charge in [-0.15, -0.1) is 10.2 Å². The van der Waals surface area contributed by atoms with Crippen molar-refractivity contribution in [3.8, 4) is 0 Å². The lowest BCUT2D eigenvalue weighted by Crippen LogP contribution is -2.43. The molecular weight excluding hydrogens is 395 g/mol. The van der Waals surface area contributed by atoms with Crippen molar-refractivity contribution in [3.63, 3.8) is 0 Å². The standard InChI is InChI=1S/C13H16F3N5O3S2/c1-2-9(23)21(7-3-4-7)11-19-20-12(26-11)25-5-8(22)18-10(24)17-6-13(14,15)16/h7H,2-6H2,1H3,(H2,17,18,22,24). The van der Waals surface area contributed by atoms with Crippen molar-refractivity contribution >= 4 is 46.1 Å². The molecule has 1 saturated carbocycles. The number of hydrogen-bond acceptors (Lipinski definition) is 7. The molecule has 0 spiro atoms. The minimum atomic E-state index is -4.55. The first-order chi connectivity index (χ1) is 12.2. The molecule has 4 amide bonds. The first kappa shape index (κ1) is 20.4. The Morgan fingerprint density at radius 1 is 1.31 bits per heavy atom. The van der Waals surface area contributed by atoms with Crippen molar-refractivity contribution in [1.82, 2.24) is 20.8 Å². The van der Waals surface area contributed by atoms with Gasteiger partial charge in [0.1, 0.15) is 6.54 Å². The lowest BCUT2D eigenvalue weighted by molar-refractivity contribution is -0.124. The molecule has 0 atom stereocenters. The molecule has 0 unspecified atom stereocenters. The van der Waals surface area contributed by atoms with Crippen LogP contribution in [0.2, 0.25) is 0 Å². The second-order valence-corrected chi connectivity index (χ2v) is 7.51. The maximum Gasteiger partial charge on any atom is 0.405 e. The van der Waals surface area contributed by atoms with Gasteiger partial charge in [0.15, 0.2) is 4.34 Å². The zero-order valence-electron chi connectivity index (χ0n) is 13.6. The van der Waals surface area contributed by atoms with E-state index in [9.17, 15) is 27.6 Å². The summed E-state index contributed by atoms with van der Waals surface area (Å²) in [5.41, 5.74) is 0. The van der Waals surface area contributed by atoms with Gasteiger partial charge in [-0.25, -0.2) is 4.79 Å². The summed E-state index contributed by atoms with van der Waals surface area (Å²) < 4.78 is 36.3. The number of anilines is 1. The molecule has 1 aromatic heterocycles. The quantitative estimate of drug-likeness (QED) is 0.525. The van der Waals surface area contributed by atoms with E-state index in [1.807, 2.05) is 0 Å². The normalized spacial score (nSPS) is 14.0. The molecule has 1 aliphatic rings. The molecule has 0 aromatic carbocycles. The van der Waals surface area contributed by atoms with Crippen LogP contribution in [0.15, 0.2) is 4.34 Å². The zero-order valence-corrected chi connectivity index (χ0v) is 15.3. The number of imide groups is 1. The maximum atomic E-state index is 12.0. The number of urea groups is 1. The van der Waals surface area contributed by atoms with E-state index in [4.69, 9.17) is 0 Å². The molecular formula is C13H16F3N5O3S2. The number of aromatic nitrogens is 2. The van der Waals surface area contributed by atoms with E-state index in [1.165, 1.54) is 5.32 Å². The van der Waals surface area contributed by atoms with Crippen LogP contribution in [0.1, 0.15) is 26.2 Å². The Kier molecular flexibility index (Phi) is 6.81. The number of nitrogens with one attached hydrogen (secondary N) is 2. The molecule has 1 heterocycles. The third kappa shape index (κ3) is 6.44. The van der Waals surface area contributed by atoms with Gasteiger partial charge in [-0.3, -0.25) is 19.8 Å². The molecule has 26 heavy (non-hydrogen) atoms. The summed E-state index contributed by atoms with van der Waals surface area (Å²) >= 11 is 2.12. The lowest BCUT2D eigenvalue weighted by Gasteiger charge is -2.17. The monoisotopic (exact) mass is 411 g/mol. The van der Waals surface area contributed by atoms with Crippen LogP contribution in [0.25, 0.3) is 0 Å². The van der Waals surface area contributed by atoms with Gasteiger partial charge >= 0.3 is 12.2 Å². The van der Waals surface area contributed by atoms with E-state index in [2.05, 4.69) is 10.2 Å². The van der Waals surface area contributed by atoms with Crippen LogP contribution in [-0.4, -0.2) is 52.6 Å². The van der Waals surface area contributed by atoms with E-state index in [-0.39, 0.29) is 17.7 Å². The number of carbonyl (C=O) groups excluding carboxylic acids is 3. The predicted octanol–water partition coefficient (Wildman–Crippen LogP) is 1.92. The molecule has 0 bridgehead atoms. The topological polar surface area (TPSA) is 104 Å². The van der Waals surface area contributed by atoms with Crippen LogP contribution in [-0.2, 0) is 9.59 Å². The van der Waals surface area contributed by atoms with Gasteiger partial charge in [0.05, 0.1) is 5.75 Å². The largest absolute Gasteiger partial charge is 0.405 e. The van der Waals surface area contributed by atoms with Crippen LogP contribution < -0.4 is 15.5 Å². The minimum absolute atomic E-state index is 0.0562. The number of hydrogen-bond donors (Lipinski definition) is 2. The number of carbonyl (C=O) groups is 3. The second-order valence-electron chi connectivity index (χ2n) is 5.33. The van der Waals surface area contributed by atoms with Crippen molar-refractivity contribution in [2.75, 3.05) is 17.2 Å². The highest BCUT2D eigenvalue weighted by Crippen LogP contribution is 2.36. The Balaban J connectivity index is 1.81. The fraction of sp³-hybridized carbons (Fsp3) is 0.615. The molecule has 0 aliphatic heterocycles. The van der Waals surface area contributed by atoms with Crippen LogP contribution >= 0.6 is 23.1 Å². The van der Waals surface area contributed by atoms with Gasteiger partial charge in [-0.1, -0.05) is 30.0 Å². The molecule has 1 fully saturated rings. The van der Waals surface area contributed by atoms with Crippen LogP contribution in [0, 0.1) is 0 Å². The molecule has 2 rings (SSSR count). The van der Waals surface area contributed by atoms with Gasteiger partial charge in [-0.05, 0) is 12.8 Å². The molecule has 1 aromatic rings. The first-order valence-electron chi connectivity index (χ1n) is 7.62. The Bertz CT molecular complexity index is 678. The molecule has 8 nitrogen and oxygen atoms in total. The predicted molar refractivity (Wildman–Crippen MR) is 89.0 cm³/mol. The van der Waals surface area contributed by atoms with Crippen LogP contribution in [0.4, 0.5) is 23.1 Å². The summed E-state index contributed by atoms with van der Waals surface area (Å²) in [6, 6.07) is -1.09. The highest BCUT2D eigenvalue weighted by atomic mass is 32.2. The highest BCUT2D eigenvalue weighted by molar-refractivity contribution is 8.01. The van der Waals surface area contributed by atoms with Gasteiger partial charge < -0.3 is 5.32 Å². The van der Waals surface area contributed by atoms with Crippen molar-refractivity contribution in [1.29, 1.82) is 0 Å². The number of thioether (sulfide) groups is 1. The highest BCUT2D eigenvalue weighted by Gasteiger charge is 2.35. The molecule has 0 saturated heterocycles. The third-order valence-electron chi connectivity index (χ3n) is 3.11. The average molecular weight is 411 g/mol. The summed E-state index contributed by atoms with van der Waals surface area (Å²) in [7, 11) is 0. The molecule has 144 valence electrons. The SMILES string of the molecule is CCC(=O)N(c1nnc(SCC(=O)NC(=O)NCC(F)(F)F)s1)C1CC1. The Morgan fingerprint density at radius 2 is 2.00 bits per heavy atom. The van der Waals surface area contributed by atoms with Crippen molar-refractivity contribution < 1.29 is 27.6 Å². The molecule has 1 aliphatic carbocycles. The van der Waals surface area contributed by atoms with E-state index in [0.29, 0.717) is 15.9 Å². The Hall–Kier alpha value is -1.89. The first-order valence-corrected chi connectivity index (χ1v) is 9.42. The zero-order chi connectivity index (χ0) is 19.3. The van der Waals surface area contributed by atoms with Gasteiger partial charge in [0, 0.05) is 12.5 Å². The Morgan fingerprint density at radius 3 is 2.58 bits per heavy atom. The summed E-state index contributed by atoms with van der Waals surface area (Å²) in [6.07, 6.45) is -2.40. The minimum Gasteiger partial charge on any atom is -0.329 e. The smallest absolute Gasteiger partial charge is 0.329 e. The number of nitrogens with zero attached hydrogens (tertiary/aromatic N) is 3. The van der Waals surface area contributed by atoms with Gasteiger partial charge in [-0.2, -0.15) is 13.2 Å². The molecule has 0 radical (unpaired) electrons. The number of alkyl halides is 3. The fourth-order valence-corrected chi connectivity index (χ4v) is 3.57. The summed E-state index contributed by atoms with van der Waals surface area (Å²) in [5.74, 6) is -1.05. The van der Waals surface area contributed by atoms with Crippen LogP contribution in [0.3, 0.4) is 0 Å². The molecule has 13 heteroatoms. The van der Waals surface area contributed by atoms with Crippen LogP contribution in [0.5, 0.6) is 0 Å². The van der Waals surface area contributed by atoms with Crippen molar-refractivity contribution in [2.45, 2.75) is 42.7 Å². The van der Waals surface area contributed by atoms with Gasteiger partial charge in [0.2, 0.25) is 16.9 Å². The number of halogens is 3. The summed E-state index contributed by atoms with van der Waals surface area (Å²) in [5, 5.41) is 11.6. The number of rotatable bonds is 7. The fourth-order valence-electron chi connectivity index (χ4n) is 1.84. The molecule has 2 N–H and O–H groups in total. The lowest BCUT2D eigenvalue weighted by atomic mass is 10.4. The van der Waals surface area contributed by atoms with E-state index < -0.39 is 24.7 Å². The summed E-state index contributed by atoms with van der Waals surface area (Å²) in [6.45, 7) is 0.226. The van der Waals surface area contributed by atoms with E-state index in [0.717, 1.165) is 35.9 Å². The average Bonchev–Trinajstić information content (AvgIpc) is 3.28. The second kappa shape index (κ2) is 8.66. The Labute approximate surface area is 154 Å². The third-order valence-corrected chi connectivity index (χ3v) is 5.17. The van der Waals surface area contributed by atoms with E-state index >= 15 is 0 Å². The summed E-state index contributed by atoms with van der Waals surface area (Å²) in [4.78, 5) is 36.4. The van der Waals surface area contributed by atoms with E-state index in [1.54, 1.807) is 17.1 Å². The van der Waals surface area contributed by atoms with Gasteiger partial charge in [0.25, 0.3) is 0 Å². The van der Waals surface area contributed by atoms with Crippen molar-refractivity contribution in [3.05, 3.63) is 0 Å². The van der Waals surface area contributed by atoms with Crippen molar-refractivity contribution in [2.24, 2.45) is 0 Å².